The summed E-state index contributed by atoms with van der Waals surface area (Å²) in [5, 5.41) is 2.23. The molecule has 3 N–H and O–H groups in total. The van der Waals surface area contributed by atoms with Crippen LogP contribution in [0.5, 0.6) is 0 Å². The van der Waals surface area contributed by atoms with Crippen molar-refractivity contribution in [1.82, 2.24) is 0 Å². The summed E-state index contributed by atoms with van der Waals surface area (Å²) in [6.07, 6.45) is 0. The van der Waals surface area contributed by atoms with Gasteiger partial charge in [0.05, 0.1) is 11.0 Å². The number of amides is 1. The Morgan fingerprint density at radius 3 is 2.47 bits per heavy atom. The normalized spacial score (nSPS) is 11.1. The van der Waals surface area contributed by atoms with Gasteiger partial charge in [0.15, 0.2) is 0 Å². The van der Waals surface area contributed by atoms with Crippen molar-refractivity contribution in [3.8, 4) is 0 Å². The zero-order chi connectivity index (χ0) is 13.2. The highest BCUT2D eigenvalue weighted by Crippen LogP contribution is 2.36. The van der Waals surface area contributed by atoms with Crippen LogP contribution in [0.1, 0.15) is 12.5 Å². The highest BCUT2D eigenvalue weighted by molar-refractivity contribution is 7.60. The van der Waals surface area contributed by atoms with E-state index in [9.17, 15) is 9.36 Å². The number of hydrogen-bond acceptors (Lipinski definition) is 2. The maximum atomic E-state index is 11.4. The van der Waals surface area contributed by atoms with Gasteiger partial charge in [0.2, 0.25) is 0 Å². The second-order valence-corrected chi connectivity index (χ2v) is 5.37. The molecule has 0 aliphatic heterocycles. The molecule has 0 radical (unpaired) electrons. The molecule has 17 heavy (non-hydrogen) atoms. The average molecular weight is 255 g/mol. The summed E-state index contributed by atoms with van der Waals surface area (Å²) >= 11 is 0. The maximum Gasteiger partial charge on any atom is 0.358 e. The molecule has 0 atom stereocenters. The lowest BCUT2D eigenvalue weighted by Gasteiger charge is -2.12. The zero-order valence-electron chi connectivity index (χ0n) is 9.60. The van der Waals surface area contributed by atoms with Crippen LogP contribution < -0.4 is 10.6 Å². The summed E-state index contributed by atoms with van der Waals surface area (Å²) in [5.74, 6) is -0.467. The van der Waals surface area contributed by atoms with Crippen LogP contribution in [-0.4, -0.2) is 15.7 Å². The van der Waals surface area contributed by atoms with Gasteiger partial charge < -0.3 is 15.1 Å². The van der Waals surface area contributed by atoms with E-state index in [2.05, 4.69) is 11.9 Å². The molecule has 0 heterocycles. The van der Waals surface area contributed by atoms with Crippen molar-refractivity contribution in [1.29, 1.82) is 0 Å². The summed E-state index contributed by atoms with van der Waals surface area (Å²) in [6, 6.07) is 4.39. The van der Waals surface area contributed by atoms with Crippen molar-refractivity contribution < 1.29 is 19.1 Å². The maximum absolute atomic E-state index is 11.4. The first kappa shape index (κ1) is 13.6. The molecule has 0 aliphatic carbocycles. The molecule has 0 saturated carbocycles. The van der Waals surface area contributed by atoms with E-state index in [-0.39, 0.29) is 16.6 Å². The summed E-state index contributed by atoms with van der Waals surface area (Å²) in [4.78, 5) is 29.7. The molecule has 5 nitrogen and oxygen atoms in total. The molecule has 1 amide bonds. The third-order valence-electron chi connectivity index (χ3n) is 2.10. The van der Waals surface area contributed by atoms with Crippen LogP contribution in [0.3, 0.4) is 0 Å². The van der Waals surface area contributed by atoms with E-state index in [1.165, 1.54) is 19.1 Å². The SMILES string of the molecule is C=C(C)C(=O)Nc1cc(C)ccc1P(=O)(O)O. The van der Waals surface area contributed by atoms with Gasteiger partial charge in [0.25, 0.3) is 5.91 Å². The van der Waals surface area contributed by atoms with E-state index in [0.29, 0.717) is 0 Å². The van der Waals surface area contributed by atoms with E-state index in [1.807, 2.05) is 0 Å². The van der Waals surface area contributed by atoms with E-state index in [4.69, 9.17) is 9.79 Å². The van der Waals surface area contributed by atoms with Gasteiger partial charge in [-0.25, -0.2) is 0 Å². The zero-order valence-corrected chi connectivity index (χ0v) is 10.5. The molecule has 6 heteroatoms. The highest BCUT2D eigenvalue weighted by Gasteiger charge is 2.22. The van der Waals surface area contributed by atoms with Crippen LogP contribution in [0.25, 0.3) is 0 Å². The number of anilines is 1. The monoisotopic (exact) mass is 255 g/mol. The van der Waals surface area contributed by atoms with Crippen molar-refractivity contribution in [2.75, 3.05) is 5.32 Å². The van der Waals surface area contributed by atoms with Crippen molar-refractivity contribution >= 4 is 24.5 Å². The first-order valence-corrected chi connectivity index (χ1v) is 6.46. The van der Waals surface area contributed by atoms with Gasteiger partial charge in [-0.05, 0) is 31.5 Å². The predicted molar refractivity (Wildman–Crippen MR) is 66.3 cm³/mol. The van der Waals surface area contributed by atoms with Crippen molar-refractivity contribution in [3.05, 3.63) is 35.9 Å². The standard InChI is InChI=1S/C11H14NO4P/c1-7(2)11(13)12-9-6-8(3)4-5-10(9)17(14,15)16/h4-6H,1H2,2-3H3,(H,12,13)(H2,14,15,16). The van der Waals surface area contributed by atoms with Crippen LogP contribution in [-0.2, 0) is 9.36 Å². The van der Waals surface area contributed by atoms with E-state index in [0.717, 1.165) is 5.56 Å². The van der Waals surface area contributed by atoms with Crippen molar-refractivity contribution in [2.24, 2.45) is 0 Å². The average Bonchev–Trinajstić information content (AvgIpc) is 2.15. The molecule has 0 unspecified atom stereocenters. The Bertz CT molecular complexity index is 518. The summed E-state index contributed by atoms with van der Waals surface area (Å²) < 4.78 is 11.2. The molecule has 0 aliphatic rings. The van der Waals surface area contributed by atoms with Crippen LogP contribution in [0.2, 0.25) is 0 Å². The Hall–Kier alpha value is -1.42. The fraction of sp³-hybridized carbons (Fsp3) is 0.182. The summed E-state index contributed by atoms with van der Waals surface area (Å²) in [6.45, 7) is 6.74. The molecule has 0 bridgehead atoms. The van der Waals surface area contributed by atoms with Crippen molar-refractivity contribution in [3.63, 3.8) is 0 Å². The predicted octanol–water partition coefficient (Wildman–Crippen LogP) is 1.31. The Morgan fingerprint density at radius 2 is 2.00 bits per heavy atom. The number of benzene rings is 1. The fourth-order valence-electron chi connectivity index (χ4n) is 1.23. The van der Waals surface area contributed by atoms with Crippen LogP contribution >= 0.6 is 7.60 Å². The van der Waals surface area contributed by atoms with Gasteiger partial charge in [-0.15, -0.1) is 0 Å². The van der Waals surface area contributed by atoms with E-state index < -0.39 is 13.5 Å². The summed E-state index contributed by atoms with van der Waals surface area (Å²) in [7, 11) is -4.41. The van der Waals surface area contributed by atoms with Crippen LogP contribution in [0.15, 0.2) is 30.4 Å². The number of rotatable bonds is 3. The quantitative estimate of drug-likeness (QED) is 0.561. The molecule has 1 rings (SSSR count). The lowest BCUT2D eigenvalue weighted by Crippen LogP contribution is -2.19. The number of aryl methyl sites for hydroxylation is 1. The molecule has 0 fully saturated rings. The first-order chi connectivity index (χ1) is 7.71. The largest absolute Gasteiger partial charge is 0.358 e. The molecule has 1 aromatic rings. The third kappa shape index (κ3) is 3.53. The number of nitrogens with one attached hydrogen (secondary N) is 1. The Labute approximate surface area is 99.3 Å². The summed E-state index contributed by atoms with van der Waals surface area (Å²) in [5.41, 5.74) is 1.17. The van der Waals surface area contributed by atoms with Crippen molar-refractivity contribution in [2.45, 2.75) is 13.8 Å². The number of hydrogen-bond donors (Lipinski definition) is 3. The smallest absolute Gasteiger partial charge is 0.321 e. The number of carbonyl (C=O) groups excluding carboxylic acids is 1. The van der Waals surface area contributed by atoms with Gasteiger partial charge in [-0.3, -0.25) is 9.36 Å². The van der Waals surface area contributed by atoms with E-state index in [1.54, 1.807) is 13.0 Å². The van der Waals surface area contributed by atoms with Gasteiger partial charge in [-0.2, -0.15) is 0 Å². The van der Waals surface area contributed by atoms with Crippen LogP contribution in [0.4, 0.5) is 5.69 Å². The molecular weight excluding hydrogens is 241 g/mol. The van der Waals surface area contributed by atoms with Gasteiger partial charge in [0.1, 0.15) is 0 Å². The topological polar surface area (TPSA) is 86.6 Å². The third-order valence-corrected chi connectivity index (χ3v) is 3.12. The number of carbonyl (C=O) groups is 1. The Kier molecular flexibility index (Phi) is 3.88. The highest BCUT2D eigenvalue weighted by atomic mass is 31.2. The molecule has 0 spiro atoms. The minimum absolute atomic E-state index is 0.117. The lowest BCUT2D eigenvalue weighted by atomic mass is 10.2. The van der Waals surface area contributed by atoms with Gasteiger partial charge in [0, 0.05) is 5.57 Å². The Balaban J connectivity index is 3.21. The minimum Gasteiger partial charge on any atom is -0.321 e. The molecular formula is C11H14NO4P. The van der Waals surface area contributed by atoms with Gasteiger partial charge >= 0.3 is 7.60 Å². The second-order valence-electron chi connectivity index (χ2n) is 3.80. The molecule has 1 aromatic carbocycles. The van der Waals surface area contributed by atoms with E-state index >= 15 is 0 Å². The van der Waals surface area contributed by atoms with Crippen LogP contribution in [0, 0.1) is 6.92 Å². The Morgan fingerprint density at radius 1 is 1.41 bits per heavy atom. The lowest BCUT2D eigenvalue weighted by molar-refractivity contribution is -0.112. The fourth-order valence-corrected chi connectivity index (χ4v) is 1.94. The first-order valence-electron chi connectivity index (χ1n) is 4.85. The molecule has 92 valence electrons. The minimum atomic E-state index is -4.41. The molecule has 0 saturated heterocycles. The molecule has 0 aromatic heterocycles. The second kappa shape index (κ2) is 4.84. The van der Waals surface area contributed by atoms with Gasteiger partial charge in [-0.1, -0.05) is 12.6 Å².